The zero-order valence-electron chi connectivity index (χ0n) is 5.52. The zero-order valence-corrected chi connectivity index (χ0v) is 5.52. The second kappa shape index (κ2) is 2.45. The molecule has 2 rings (SSSR count). The van der Waals surface area contributed by atoms with Gasteiger partial charge in [-0.2, -0.15) is 0 Å². The highest BCUT2D eigenvalue weighted by molar-refractivity contribution is 5.56. The SMILES string of the molecule is C1=COOC(c2c[nH]nn2)=C1. The zero-order chi connectivity index (χ0) is 7.52. The van der Waals surface area contributed by atoms with Crippen LogP contribution in [0, 0.1) is 0 Å². The second-order valence-electron chi connectivity index (χ2n) is 1.90. The predicted molar refractivity (Wildman–Crippen MR) is 35.7 cm³/mol. The lowest BCUT2D eigenvalue weighted by Gasteiger charge is -2.05. The van der Waals surface area contributed by atoms with Crippen LogP contribution in [0.2, 0.25) is 0 Å². The van der Waals surface area contributed by atoms with Gasteiger partial charge in [-0.3, -0.25) is 14.9 Å². The average molecular weight is 151 g/mol. The molecule has 1 aliphatic heterocycles. The highest BCUT2D eigenvalue weighted by Crippen LogP contribution is 2.14. The van der Waals surface area contributed by atoms with Crippen molar-refractivity contribution in [2.45, 2.75) is 0 Å². The molecule has 0 fully saturated rings. The molecule has 0 spiro atoms. The van der Waals surface area contributed by atoms with Crippen molar-refractivity contribution in [3.05, 3.63) is 30.3 Å². The van der Waals surface area contributed by atoms with Crippen molar-refractivity contribution in [1.82, 2.24) is 15.4 Å². The number of nitrogens with zero attached hydrogens (tertiary/aromatic N) is 2. The Hall–Kier alpha value is -1.78. The summed E-state index contributed by atoms with van der Waals surface area (Å²) < 4.78 is 0. The Morgan fingerprint density at radius 3 is 3.09 bits per heavy atom. The van der Waals surface area contributed by atoms with Gasteiger partial charge in [-0.1, -0.05) is 5.21 Å². The minimum Gasteiger partial charge on any atom is -0.298 e. The number of H-pyrrole nitrogens is 1. The van der Waals surface area contributed by atoms with Gasteiger partial charge < -0.3 is 0 Å². The minimum absolute atomic E-state index is 0.543. The van der Waals surface area contributed by atoms with Crippen molar-refractivity contribution in [1.29, 1.82) is 0 Å². The van der Waals surface area contributed by atoms with E-state index in [0.717, 1.165) is 0 Å². The Morgan fingerprint density at radius 1 is 1.45 bits per heavy atom. The molecule has 0 unspecified atom stereocenters. The Balaban J connectivity index is 2.29. The van der Waals surface area contributed by atoms with Gasteiger partial charge in [0.15, 0.2) is 5.69 Å². The molecule has 5 nitrogen and oxygen atoms in total. The molecule has 0 bridgehead atoms. The van der Waals surface area contributed by atoms with Crippen LogP contribution in [0.15, 0.2) is 24.6 Å². The van der Waals surface area contributed by atoms with Crippen molar-refractivity contribution in [2.75, 3.05) is 0 Å². The summed E-state index contributed by atoms with van der Waals surface area (Å²) in [4.78, 5) is 9.35. The van der Waals surface area contributed by atoms with Crippen LogP contribution in [0.25, 0.3) is 5.76 Å². The van der Waals surface area contributed by atoms with Crippen LogP contribution in [0.1, 0.15) is 5.69 Å². The van der Waals surface area contributed by atoms with Crippen LogP contribution in [-0.2, 0) is 9.78 Å². The van der Waals surface area contributed by atoms with Gasteiger partial charge in [0.2, 0.25) is 5.76 Å². The van der Waals surface area contributed by atoms with E-state index in [9.17, 15) is 0 Å². The van der Waals surface area contributed by atoms with E-state index in [-0.39, 0.29) is 0 Å². The maximum atomic E-state index is 4.77. The summed E-state index contributed by atoms with van der Waals surface area (Å²) in [5.41, 5.74) is 0.620. The maximum Gasteiger partial charge on any atom is 0.207 e. The summed E-state index contributed by atoms with van der Waals surface area (Å²) in [7, 11) is 0. The van der Waals surface area contributed by atoms with Crippen molar-refractivity contribution < 1.29 is 9.78 Å². The van der Waals surface area contributed by atoms with Gasteiger partial charge >= 0.3 is 0 Å². The molecule has 0 aliphatic carbocycles. The van der Waals surface area contributed by atoms with E-state index in [1.165, 1.54) is 6.26 Å². The van der Waals surface area contributed by atoms with E-state index in [1.54, 1.807) is 18.3 Å². The molecule has 0 aromatic carbocycles. The molecule has 0 saturated carbocycles. The highest BCUT2D eigenvalue weighted by Gasteiger charge is 2.07. The van der Waals surface area contributed by atoms with Gasteiger partial charge in [-0.05, 0) is 12.2 Å². The summed E-state index contributed by atoms with van der Waals surface area (Å²) in [6.07, 6.45) is 6.51. The fourth-order valence-corrected chi connectivity index (χ4v) is 0.716. The molecule has 0 amide bonds. The van der Waals surface area contributed by atoms with E-state index in [4.69, 9.17) is 4.89 Å². The topological polar surface area (TPSA) is 60.0 Å². The number of aromatic nitrogens is 3. The number of nitrogens with one attached hydrogen (secondary N) is 1. The van der Waals surface area contributed by atoms with Crippen LogP contribution in [0.3, 0.4) is 0 Å². The molecule has 56 valence electrons. The number of hydrogen-bond acceptors (Lipinski definition) is 4. The summed E-state index contributed by atoms with van der Waals surface area (Å²) >= 11 is 0. The quantitative estimate of drug-likeness (QED) is 0.597. The Labute approximate surface area is 62.2 Å². The van der Waals surface area contributed by atoms with Crippen LogP contribution in [0.4, 0.5) is 0 Å². The summed E-state index contributed by atoms with van der Waals surface area (Å²) in [6.45, 7) is 0. The second-order valence-corrected chi connectivity index (χ2v) is 1.90. The fourth-order valence-electron chi connectivity index (χ4n) is 0.716. The van der Waals surface area contributed by atoms with Gasteiger partial charge in [0, 0.05) is 0 Å². The summed E-state index contributed by atoms with van der Waals surface area (Å²) in [5, 5.41) is 9.81. The predicted octanol–water partition coefficient (Wildman–Crippen LogP) is 0.621. The van der Waals surface area contributed by atoms with Crippen LogP contribution < -0.4 is 0 Å². The van der Waals surface area contributed by atoms with Crippen molar-refractivity contribution in [2.24, 2.45) is 0 Å². The molecule has 11 heavy (non-hydrogen) atoms. The number of hydrogen-bond donors (Lipinski definition) is 1. The fraction of sp³-hybridized carbons (Fsp3) is 0. The van der Waals surface area contributed by atoms with Crippen LogP contribution in [0.5, 0.6) is 0 Å². The van der Waals surface area contributed by atoms with E-state index in [2.05, 4.69) is 20.3 Å². The van der Waals surface area contributed by atoms with E-state index in [0.29, 0.717) is 11.5 Å². The van der Waals surface area contributed by atoms with Crippen molar-refractivity contribution >= 4 is 5.76 Å². The number of allylic oxidation sites excluding steroid dienone is 2. The Bertz CT molecular complexity index is 289. The largest absolute Gasteiger partial charge is 0.298 e. The van der Waals surface area contributed by atoms with Crippen molar-refractivity contribution in [3.8, 4) is 0 Å². The van der Waals surface area contributed by atoms with Gasteiger partial charge in [0.25, 0.3) is 0 Å². The molecular weight excluding hydrogens is 146 g/mol. The molecule has 5 heteroatoms. The average Bonchev–Trinajstić information content (AvgIpc) is 2.58. The van der Waals surface area contributed by atoms with Crippen LogP contribution in [-0.4, -0.2) is 15.4 Å². The molecule has 1 N–H and O–H groups in total. The van der Waals surface area contributed by atoms with Gasteiger partial charge in [0.1, 0.15) is 6.26 Å². The lowest BCUT2D eigenvalue weighted by atomic mass is 10.3. The van der Waals surface area contributed by atoms with E-state index in [1.807, 2.05) is 0 Å². The van der Waals surface area contributed by atoms with Gasteiger partial charge in [0.05, 0.1) is 6.20 Å². The standard InChI is InChI=1S/C6H5N3O2/c1-2-6(11-10-3-1)5-4-7-9-8-5/h1-4H,(H,7,8,9). The van der Waals surface area contributed by atoms with E-state index < -0.39 is 0 Å². The van der Waals surface area contributed by atoms with Crippen molar-refractivity contribution in [3.63, 3.8) is 0 Å². The minimum atomic E-state index is 0.543. The number of rotatable bonds is 1. The third-order valence-electron chi connectivity index (χ3n) is 1.19. The molecule has 1 aromatic rings. The number of aromatic amines is 1. The van der Waals surface area contributed by atoms with Crippen LogP contribution >= 0.6 is 0 Å². The maximum absolute atomic E-state index is 4.77. The lowest BCUT2D eigenvalue weighted by molar-refractivity contribution is -0.182. The summed E-state index contributed by atoms with van der Waals surface area (Å²) in [5.74, 6) is 0.543. The lowest BCUT2D eigenvalue weighted by Crippen LogP contribution is -1.93. The molecule has 2 heterocycles. The summed E-state index contributed by atoms with van der Waals surface area (Å²) in [6, 6.07) is 0. The Morgan fingerprint density at radius 2 is 2.45 bits per heavy atom. The monoisotopic (exact) mass is 151 g/mol. The smallest absolute Gasteiger partial charge is 0.207 e. The first-order valence-corrected chi connectivity index (χ1v) is 3.04. The van der Waals surface area contributed by atoms with Gasteiger partial charge in [-0.15, -0.1) is 5.10 Å². The normalized spacial score (nSPS) is 15.1. The third kappa shape index (κ3) is 1.07. The Kier molecular flexibility index (Phi) is 1.33. The first-order chi connectivity index (χ1) is 5.47. The van der Waals surface area contributed by atoms with Gasteiger partial charge in [-0.25, -0.2) is 0 Å². The molecule has 1 aromatic heterocycles. The van der Waals surface area contributed by atoms with E-state index >= 15 is 0 Å². The molecule has 0 saturated heterocycles. The molecule has 0 radical (unpaired) electrons. The molecule has 0 atom stereocenters. The first kappa shape index (κ1) is 5.96. The first-order valence-electron chi connectivity index (χ1n) is 3.04. The molecule has 1 aliphatic rings. The highest BCUT2D eigenvalue weighted by atomic mass is 17.2. The third-order valence-corrected chi connectivity index (χ3v) is 1.19. The molecular formula is C6H5N3O2.